The van der Waals surface area contributed by atoms with Gasteiger partial charge in [0.2, 0.25) is 10.0 Å². The molecule has 0 unspecified atom stereocenters. The van der Waals surface area contributed by atoms with Crippen molar-refractivity contribution in [2.75, 3.05) is 24.9 Å². The van der Waals surface area contributed by atoms with Gasteiger partial charge in [-0.15, -0.1) is 0 Å². The van der Waals surface area contributed by atoms with Crippen LogP contribution in [-0.2, 0) is 25.5 Å². The molecule has 1 aliphatic rings. The summed E-state index contributed by atoms with van der Waals surface area (Å²) in [6.45, 7) is 8.68. The third-order valence-electron chi connectivity index (χ3n) is 5.69. The lowest BCUT2D eigenvalue weighted by atomic mass is 9.87. The molecule has 176 valence electrons. The van der Waals surface area contributed by atoms with Crippen LogP contribution in [0.4, 0.5) is 5.69 Å². The molecule has 7 nitrogen and oxygen atoms in total. The highest BCUT2D eigenvalue weighted by molar-refractivity contribution is 7.92. The maximum absolute atomic E-state index is 13.2. The Morgan fingerprint density at radius 1 is 0.906 bits per heavy atom. The Labute approximate surface area is 191 Å². The van der Waals surface area contributed by atoms with Gasteiger partial charge >= 0.3 is 0 Å². The molecule has 2 aromatic rings. The maximum atomic E-state index is 13.2. The molecular weight excluding hydrogens is 448 g/mol. The van der Waals surface area contributed by atoms with Gasteiger partial charge in [-0.05, 0) is 60.6 Å². The molecule has 1 aliphatic heterocycles. The number of rotatable bonds is 6. The maximum Gasteiger partial charge on any atom is 0.262 e. The zero-order chi connectivity index (χ0) is 23.7. The SMILES string of the molecule is COc1ccc(NS(=O)(=O)c2cc(C(C)(C)C)ccc2C)cc1S(=O)(=O)N1CCCCC1. The van der Waals surface area contributed by atoms with Crippen molar-refractivity contribution in [3.05, 3.63) is 47.5 Å². The van der Waals surface area contributed by atoms with E-state index in [9.17, 15) is 16.8 Å². The lowest BCUT2D eigenvalue weighted by Crippen LogP contribution is -2.35. The number of ether oxygens (including phenoxy) is 1. The van der Waals surface area contributed by atoms with Gasteiger partial charge in [0, 0.05) is 13.1 Å². The van der Waals surface area contributed by atoms with E-state index in [1.165, 1.54) is 29.6 Å². The first kappa shape index (κ1) is 24.5. The van der Waals surface area contributed by atoms with E-state index in [0.29, 0.717) is 18.7 Å². The average molecular weight is 481 g/mol. The molecule has 1 saturated heterocycles. The first-order chi connectivity index (χ1) is 14.9. The normalized spacial score (nSPS) is 16.0. The summed E-state index contributed by atoms with van der Waals surface area (Å²) in [7, 11) is -6.34. The zero-order valence-electron chi connectivity index (χ0n) is 19.3. The minimum atomic E-state index is -3.93. The van der Waals surface area contributed by atoms with Crippen LogP contribution in [0.2, 0.25) is 0 Å². The molecule has 0 atom stereocenters. The van der Waals surface area contributed by atoms with Crippen LogP contribution in [0.3, 0.4) is 0 Å². The molecule has 2 aromatic carbocycles. The molecule has 0 aliphatic carbocycles. The Bertz CT molecular complexity index is 1190. The van der Waals surface area contributed by atoms with Gasteiger partial charge in [0.25, 0.3) is 10.0 Å². The number of methoxy groups -OCH3 is 1. The molecule has 0 radical (unpaired) electrons. The van der Waals surface area contributed by atoms with Crippen molar-refractivity contribution in [3.63, 3.8) is 0 Å². The van der Waals surface area contributed by atoms with Gasteiger partial charge in [-0.2, -0.15) is 4.31 Å². The van der Waals surface area contributed by atoms with Crippen molar-refractivity contribution in [1.29, 1.82) is 0 Å². The van der Waals surface area contributed by atoms with Crippen molar-refractivity contribution >= 4 is 25.7 Å². The van der Waals surface area contributed by atoms with Crippen LogP contribution in [0.1, 0.15) is 51.2 Å². The first-order valence-corrected chi connectivity index (χ1v) is 13.6. The second-order valence-corrected chi connectivity index (χ2v) is 12.7. The van der Waals surface area contributed by atoms with Crippen molar-refractivity contribution in [3.8, 4) is 5.75 Å². The molecule has 1 heterocycles. The summed E-state index contributed by atoms with van der Waals surface area (Å²) in [6.07, 6.45) is 2.60. The van der Waals surface area contributed by atoms with Gasteiger partial charge in [-0.1, -0.05) is 39.3 Å². The summed E-state index contributed by atoms with van der Waals surface area (Å²) in [6, 6.07) is 9.71. The predicted octanol–water partition coefficient (Wildman–Crippen LogP) is 4.28. The third kappa shape index (κ3) is 5.10. The molecule has 0 saturated carbocycles. The number of sulfonamides is 2. The van der Waals surface area contributed by atoms with Crippen LogP contribution in [0.25, 0.3) is 0 Å². The minimum Gasteiger partial charge on any atom is -0.495 e. The Morgan fingerprint density at radius 2 is 1.56 bits per heavy atom. The van der Waals surface area contributed by atoms with Gasteiger partial charge in [-0.3, -0.25) is 4.72 Å². The second kappa shape index (κ2) is 9.03. The molecule has 32 heavy (non-hydrogen) atoms. The number of piperidine rings is 1. The first-order valence-electron chi connectivity index (χ1n) is 10.7. The van der Waals surface area contributed by atoms with Crippen molar-refractivity contribution in [2.24, 2.45) is 0 Å². The molecule has 1 N–H and O–H groups in total. The summed E-state index contributed by atoms with van der Waals surface area (Å²) < 4.78 is 62.2. The van der Waals surface area contributed by atoms with E-state index >= 15 is 0 Å². The molecule has 3 rings (SSSR count). The highest BCUT2D eigenvalue weighted by Gasteiger charge is 2.30. The van der Waals surface area contributed by atoms with E-state index in [0.717, 1.165) is 24.8 Å². The molecule has 9 heteroatoms. The fraction of sp³-hybridized carbons (Fsp3) is 0.478. The van der Waals surface area contributed by atoms with E-state index in [-0.39, 0.29) is 26.6 Å². The Morgan fingerprint density at radius 3 is 2.16 bits per heavy atom. The largest absolute Gasteiger partial charge is 0.495 e. The Balaban J connectivity index is 2.00. The smallest absolute Gasteiger partial charge is 0.262 e. The van der Waals surface area contributed by atoms with E-state index in [1.807, 2.05) is 26.8 Å². The number of aryl methyl sites for hydroxylation is 1. The van der Waals surface area contributed by atoms with Gasteiger partial charge in [0.15, 0.2) is 0 Å². The van der Waals surface area contributed by atoms with Crippen molar-refractivity contribution < 1.29 is 21.6 Å². The van der Waals surface area contributed by atoms with Crippen LogP contribution in [0.5, 0.6) is 5.75 Å². The monoisotopic (exact) mass is 480 g/mol. The molecule has 0 amide bonds. The van der Waals surface area contributed by atoms with Crippen LogP contribution in [0.15, 0.2) is 46.2 Å². The molecular formula is C23H32N2O5S2. The van der Waals surface area contributed by atoms with Gasteiger partial charge in [-0.25, -0.2) is 16.8 Å². The van der Waals surface area contributed by atoms with Gasteiger partial charge in [0.1, 0.15) is 10.6 Å². The fourth-order valence-electron chi connectivity index (χ4n) is 3.75. The number of nitrogens with one attached hydrogen (secondary N) is 1. The summed E-state index contributed by atoms with van der Waals surface area (Å²) in [5.74, 6) is 0.185. The zero-order valence-corrected chi connectivity index (χ0v) is 20.9. The molecule has 1 fully saturated rings. The molecule has 0 bridgehead atoms. The van der Waals surface area contributed by atoms with E-state index in [1.54, 1.807) is 19.1 Å². The summed E-state index contributed by atoms with van der Waals surface area (Å²) >= 11 is 0. The minimum absolute atomic E-state index is 0.0396. The molecule has 0 spiro atoms. The van der Waals surface area contributed by atoms with E-state index in [2.05, 4.69) is 4.72 Å². The number of benzene rings is 2. The second-order valence-electron chi connectivity index (χ2n) is 9.17. The topological polar surface area (TPSA) is 92.8 Å². The quantitative estimate of drug-likeness (QED) is 0.666. The van der Waals surface area contributed by atoms with Gasteiger partial charge < -0.3 is 4.74 Å². The number of hydrogen-bond donors (Lipinski definition) is 1. The lowest BCUT2D eigenvalue weighted by molar-refractivity contribution is 0.343. The van der Waals surface area contributed by atoms with Crippen LogP contribution in [0, 0.1) is 6.92 Å². The predicted molar refractivity (Wildman–Crippen MR) is 126 cm³/mol. The Hall–Kier alpha value is -2.10. The van der Waals surface area contributed by atoms with Gasteiger partial charge in [0.05, 0.1) is 17.7 Å². The Kier molecular flexibility index (Phi) is 6.93. The van der Waals surface area contributed by atoms with E-state index in [4.69, 9.17) is 4.74 Å². The average Bonchev–Trinajstić information content (AvgIpc) is 2.73. The lowest BCUT2D eigenvalue weighted by Gasteiger charge is -2.26. The van der Waals surface area contributed by atoms with Crippen LogP contribution in [-0.4, -0.2) is 41.3 Å². The number of anilines is 1. The molecule has 0 aromatic heterocycles. The number of nitrogens with zero attached hydrogens (tertiary/aromatic N) is 1. The summed E-state index contributed by atoms with van der Waals surface area (Å²) in [4.78, 5) is 0.128. The van der Waals surface area contributed by atoms with E-state index < -0.39 is 20.0 Å². The number of hydrogen-bond acceptors (Lipinski definition) is 5. The van der Waals surface area contributed by atoms with Crippen molar-refractivity contribution in [2.45, 2.75) is 62.2 Å². The highest BCUT2D eigenvalue weighted by Crippen LogP contribution is 2.33. The van der Waals surface area contributed by atoms with Crippen LogP contribution < -0.4 is 9.46 Å². The summed E-state index contributed by atoms with van der Waals surface area (Å²) in [5, 5.41) is 0. The highest BCUT2D eigenvalue weighted by atomic mass is 32.2. The third-order valence-corrected chi connectivity index (χ3v) is 9.14. The summed E-state index contributed by atoms with van der Waals surface area (Å²) in [5.41, 5.74) is 1.46. The standard InChI is InChI=1S/C23H32N2O5S2/c1-17-9-10-18(23(2,3)4)15-21(17)31(26,27)24-19-11-12-20(30-5)22(16-19)32(28,29)25-13-7-6-8-14-25/h9-12,15-16,24H,6-8,13-14H2,1-5H3. The van der Waals surface area contributed by atoms with Crippen LogP contribution >= 0.6 is 0 Å². The van der Waals surface area contributed by atoms with Crippen molar-refractivity contribution in [1.82, 2.24) is 4.31 Å². The fourth-order valence-corrected chi connectivity index (χ4v) is 6.77.